The molecule has 2 N–H and O–H groups in total. The topological polar surface area (TPSA) is 63.2 Å². The van der Waals surface area contributed by atoms with Crippen LogP contribution in [-0.2, 0) is 11.3 Å². The minimum absolute atomic E-state index is 0.0928. The molecule has 0 unspecified atom stereocenters. The number of methoxy groups -OCH3 is 1. The highest BCUT2D eigenvalue weighted by Gasteiger charge is 2.33. The standard InChI is InChI=1S/C15H25N3O2S/c1-12-16-9-13(21-12)10-17-14(19)18-11-15(7-8-20-2)5-3-4-6-15/h9H,3-8,10-11H2,1-2H3,(H2,17,18,19). The van der Waals surface area contributed by atoms with Crippen LogP contribution in [0.5, 0.6) is 0 Å². The lowest BCUT2D eigenvalue weighted by Crippen LogP contribution is -2.41. The van der Waals surface area contributed by atoms with Gasteiger partial charge in [0.15, 0.2) is 0 Å². The third kappa shape index (κ3) is 4.97. The Labute approximate surface area is 130 Å². The van der Waals surface area contributed by atoms with Crippen LogP contribution < -0.4 is 10.6 Å². The largest absolute Gasteiger partial charge is 0.385 e. The molecule has 0 radical (unpaired) electrons. The molecule has 0 aromatic carbocycles. The van der Waals surface area contributed by atoms with E-state index in [9.17, 15) is 4.79 Å². The van der Waals surface area contributed by atoms with Gasteiger partial charge in [-0.25, -0.2) is 9.78 Å². The summed E-state index contributed by atoms with van der Waals surface area (Å²) in [6.45, 7) is 4.02. The van der Waals surface area contributed by atoms with E-state index in [2.05, 4.69) is 15.6 Å². The first-order valence-electron chi connectivity index (χ1n) is 7.55. The molecule has 1 saturated carbocycles. The molecule has 1 heterocycles. The maximum atomic E-state index is 11.9. The number of carbonyl (C=O) groups excluding carboxylic acids is 1. The van der Waals surface area contributed by atoms with Crippen molar-refractivity contribution in [2.75, 3.05) is 20.3 Å². The van der Waals surface area contributed by atoms with E-state index in [0.717, 1.165) is 29.5 Å². The summed E-state index contributed by atoms with van der Waals surface area (Å²) < 4.78 is 5.21. The zero-order valence-electron chi connectivity index (χ0n) is 12.9. The number of amides is 2. The Balaban J connectivity index is 1.74. The molecule has 0 atom stereocenters. The molecule has 1 fully saturated rings. The highest BCUT2D eigenvalue weighted by Crippen LogP contribution is 2.40. The fraction of sp³-hybridized carbons (Fsp3) is 0.733. The van der Waals surface area contributed by atoms with E-state index in [1.54, 1.807) is 18.4 Å². The van der Waals surface area contributed by atoms with E-state index in [0.29, 0.717) is 6.54 Å². The molecule has 1 aliphatic rings. The van der Waals surface area contributed by atoms with Gasteiger partial charge in [0.1, 0.15) is 0 Å². The summed E-state index contributed by atoms with van der Waals surface area (Å²) in [6.07, 6.45) is 7.73. The van der Waals surface area contributed by atoms with E-state index in [1.807, 2.05) is 13.1 Å². The van der Waals surface area contributed by atoms with Gasteiger partial charge in [-0.3, -0.25) is 0 Å². The van der Waals surface area contributed by atoms with Crippen molar-refractivity contribution < 1.29 is 9.53 Å². The molecule has 118 valence electrons. The SMILES string of the molecule is COCCC1(CNC(=O)NCc2cnc(C)s2)CCCC1. The van der Waals surface area contributed by atoms with Crippen molar-refractivity contribution in [2.45, 2.75) is 45.6 Å². The van der Waals surface area contributed by atoms with Gasteiger partial charge in [-0.2, -0.15) is 0 Å². The second kappa shape index (κ2) is 7.75. The Kier molecular flexibility index (Phi) is 5.99. The maximum absolute atomic E-state index is 11.9. The minimum Gasteiger partial charge on any atom is -0.385 e. The summed E-state index contributed by atoms with van der Waals surface area (Å²) in [5, 5.41) is 6.95. The van der Waals surface area contributed by atoms with Crippen molar-refractivity contribution in [3.63, 3.8) is 0 Å². The molecule has 5 nitrogen and oxygen atoms in total. The summed E-state index contributed by atoms with van der Waals surface area (Å²) in [6, 6.07) is -0.0928. The van der Waals surface area contributed by atoms with E-state index >= 15 is 0 Å². The van der Waals surface area contributed by atoms with E-state index in [-0.39, 0.29) is 11.4 Å². The first kappa shape index (κ1) is 16.2. The third-order valence-corrected chi connectivity index (χ3v) is 5.13. The molecule has 2 rings (SSSR count). The fourth-order valence-electron chi connectivity index (χ4n) is 2.94. The number of rotatable bonds is 7. The summed E-state index contributed by atoms with van der Waals surface area (Å²) in [5.74, 6) is 0. The molecule has 1 aromatic rings. The third-order valence-electron chi connectivity index (χ3n) is 4.22. The predicted octanol–water partition coefficient (Wildman–Crippen LogP) is 2.85. The molecule has 0 spiro atoms. The fourth-order valence-corrected chi connectivity index (χ4v) is 3.68. The molecule has 1 aliphatic carbocycles. The Morgan fingerprint density at radius 1 is 1.43 bits per heavy atom. The monoisotopic (exact) mass is 311 g/mol. The number of thiazole rings is 1. The molecule has 0 saturated heterocycles. The van der Waals surface area contributed by atoms with Crippen LogP contribution in [0.2, 0.25) is 0 Å². The van der Waals surface area contributed by atoms with Crippen LogP contribution >= 0.6 is 11.3 Å². The Morgan fingerprint density at radius 2 is 2.19 bits per heavy atom. The van der Waals surface area contributed by atoms with Crippen molar-refractivity contribution >= 4 is 17.4 Å². The summed E-state index contributed by atoms with van der Waals surface area (Å²) >= 11 is 1.61. The number of urea groups is 1. The predicted molar refractivity (Wildman–Crippen MR) is 84.5 cm³/mol. The normalized spacial score (nSPS) is 16.9. The second-order valence-electron chi connectivity index (χ2n) is 5.83. The van der Waals surface area contributed by atoms with Crippen molar-refractivity contribution in [1.29, 1.82) is 0 Å². The summed E-state index contributed by atoms with van der Waals surface area (Å²) in [4.78, 5) is 17.2. The van der Waals surface area contributed by atoms with Crippen LogP contribution in [0.4, 0.5) is 4.79 Å². The van der Waals surface area contributed by atoms with Gasteiger partial charge in [-0.15, -0.1) is 11.3 Å². The van der Waals surface area contributed by atoms with Gasteiger partial charge in [0.25, 0.3) is 0 Å². The van der Waals surface area contributed by atoms with Crippen LogP contribution in [0.15, 0.2) is 6.20 Å². The van der Waals surface area contributed by atoms with Crippen LogP contribution in [0.3, 0.4) is 0 Å². The van der Waals surface area contributed by atoms with E-state index in [1.165, 1.54) is 25.7 Å². The lowest BCUT2D eigenvalue weighted by molar-refractivity contribution is 0.136. The van der Waals surface area contributed by atoms with E-state index in [4.69, 9.17) is 4.74 Å². The van der Waals surface area contributed by atoms with Gasteiger partial charge in [0.05, 0.1) is 11.6 Å². The number of carbonyl (C=O) groups is 1. The van der Waals surface area contributed by atoms with Gasteiger partial charge in [0, 0.05) is 31.3 Å². The average molecular weight is 311 g/mol. The molecule has 0 aliphatic heterocycles. The van der Waals surface area contributed by atoms with Crippen molar-refractivity contribution in [3.8, 4) is 0 Å². The van der Waals surface area contributed by atoms with Gasteiger partial charge in [0.2, 0.25) is 0 Å². The number of aromatic nitrogens is 1. The van der Waals surface area contributed by atoms with Crippen LogP contribution in [0.1, 0.15) is 42.0 Å². The smallest absolute Gasteiger partial charge is 0.315 e. The first-order valence-corrected chi connectivity index (χ1v) is 8.37. The molecule has 1 aromatic heterocycles. The molecule has 0 bridgehead atoms. The Morgan fingerprint density at radius 3 is 2.81 bits per heavy atom. The number of hydrogen-bond donors (Lipinski definition) is 2. The van der Waals surface area contributed by atoms with Gasteiger partial charge in [-0.1, -0.05) is 12.8 Å². The van der Waals surface area contributed by atoms with Gasteiger partial charge >= 0.3 is 6.03 Å². The molecule has 6 heteroatoms. The highest BCUT2D eigenvalue weighted by molar-refractivity contribution is 7.11. The molecular weight excluding hydrogens is 286 g/mol. The van der Waals surface area contributed by atoms with Crippen molar-refractivity contribution in [3.05, 3.63) is 16.1 Å². The Hall–Kier alpha value is -1.14. The Bertz CT molecular complexity index is 456. The average Bonchev–Trinajstić information content (AvgIpc) is 3.11. The summed E-state index contributed by atoms with van der Waals surface area (Å²) in [7, 11) is 1.74. The highest BCUT2D eigenvalue weighted by atomic mass is 32.1. The lowest BCUT2D eigenvalue weighted by Gasteiger charge is -2.29. The minimum atomic E-state index is -0.0928. The van der Waals surface area contributed by atoms with E-state index < -0.39 is 0 Å². The maximum Gasteiger partial charge on any atom is 0.315 e. The van der Waals surface area contributed by atoms with Gasteiger partial charge < -0.3 is 15.4 Å². The summed E-state index contributed by atoms with van der Waals surface area (Å²) in [5.41, 5.74) is 0.231. The van der Waals surface area contributed by atoms with Crippen molar-refractivity contribution in [1.82, 2.24) is 15.6 Å². The number of nitrogens with one attached hydrogen (secondary N) is 2. The van der Waals surface area contributed by atoms with Crippen LogP contribution in [0, 0.1) is 12.3 Å². The van der Waals surface area contributed by atoms with Crippen LogP contribution in [-0.4, -0.2) is 31.3 Å². The van der Waals surface area contributed by atoms with Crippen molar-refractivity contribution in [2.24, 2.45) is 5.41 Å². The molecule has 21 heavy (non-hydrogen) atoms. The number of ether oxygens (including phenoxy) is 1. The number of hydrogen-bond acceptors (Lipinski definition) is 4. The van der Waals surface area contributed by atoms with Crippen LogP contribution in [0.25, 0.3) is 0 Å². The molecule has 2 amide bonds. The number of nitrogens with zero attached hydrogens (tertiary/aromatic N) is 1. The second-order valence-corrected chi connectivity index (χ2v) is 7.15. The lowest BCUT2D eigenvalue weighted by atomic mass is 9.83. The van der Waals surface area contributed by atoms with Gasteiger partial charge in [-0.05, 0) is 31.6 Å². The zero-order chi connectivity index (χ0) is 15.1. The molecular formula is C15H25N3O2S. The quantitative estimate of drug-likeness (QED) is 0.814. The number of aryl methyl sites for hydroxylation is 1. The zero-order valence-corrected chi connectivity index (χ0v) is 13.7. The first-order chi connectivity index (χ1) is 10.1.